The van der Waals surface area contributed by atoms with Crippen LogP contribution in [0.15, 0.2) is 41.3 Å². The Morgan fingerprint density at radius 2 is 1.52 bits per heavy atom. The largest absolute Gasteiger partial charge is 0.336 e. The Kier molecular flexibility index (Phi) is 5.71. The first-order valence-corrected chi connectivity index (χ1v) is 10.1. The van der Waals surface area contributed by atoms with Crippen LogP contribution < -0.4 is 0 Å². The zero-order valence-electron chi connectivity index (χ0n) is 13.8. The summed E-state index contributed by atoms with van der Waals surface area (Å²) in [5.41, 5.74) is -0.123. The highest BCUT2D eigenvalue weighted by molar-refractivity contribution is 7.89. The molecule has 144 valence electrons. The van der Waals surface area contributed by atoms with Crippen LogP contribution in [0.1, 0.15) is 10.4 Å². The highest BCUT2D eigenvalue weighted by Crippen LogP contribution is 2.28. The number of rotatable bonds is 3. The van der Waals surface area contributed by atoms with E-state index in [0.29, 0.717) is 6.07 Å². The summed E-state index contributed by atoms with van der Waals surface area (Å²) in [6, 6.07) is 6.72. The minimum absolute atomic E-state index is 0.0225. The summed E-state index contributed by atoms with van der Waals surface area (Å²) in [6.07, 6.45) is 0. The van der Waals surface area contributed by atoms with E-state index in [-0.39, 0.29) is 46.7 Å². The molecule has 0 bridgehead atoms. The third kappa shape index (κ3) is 4.24. The van der Waals surface area contributed by atoms with Crippen molar-refractivity contribution >= 4 is 39.1 Å². The molecule has 0 saturated carbocycles. The number of hydrogen-bond donors (Lipinski definition) is 0. The molecule has 2 aromatic carbocycles. The second-order valence-corrected chi connectivity index (χ2v) is 8.68. The second-order valence-electron chi connectivity index (χ2n) is 5.93. The van der Waals surface area contributed by atoms with Crippen LogP contribution in [0.2, 0.25) is 10.0 Å². The van der Waals surface area contributed by atoms with Crippen molar-refractivity contribution in [2.24, 2.45) is 0 Å². The highest BCUT2D eigenvalue weighted by Gasteiger charge is 2.32. The SMILES string of the molecule is O=C(c1cc(F)cc(F)c1)N1CCN(S(=O)(=O)c2cc(Cl)ccc2Cl)CC1. The van der Waals surface area contributed by atoms with Gasteiger partial charge in [0.2, 0.25) is 10.0 Å². The summed E-state index contributed by atoms with van der Waals surface area (Å²) in [7, 11) is -3.88. The van der Waals surface area contributed by atoms with E-state index >= 15 is 0 Å². The van der Waals surface area contributed by atoms with Gasteiger partial charge in [-0.2, -0.15) is 4.31 Å². The van der Waals surface area contributed by atoms with Crippen LogP contribution in [0, 0.1) is 11.6 Å². The molecule has 0 aliphatic carbocycles. The minimum atomic E-state index is -3.88. The average molecular weight is 435 g/mol. The lowest BCUT2D eigenvalue weighted by Gasteiger charge is -2.34. The molecule has 10 heteroatoms. The lowest BCUT2D eigenvalue weighted by atomic mass is 10.1. The molecular formula is C17H14Cl2F2N2O3S. The average Bonchev–Trinajstić information content (AvgIpc) is 2.62. The van der Waals surface area contributed by atoms with E-state index in [9.17, 15) is 22.0 Å². The normalized spacial score (nSPS) is 15.8. The summed E-state index contributed by atoms with van der Waals surface area (Å²) in [4.78, 5) is 13.7. The summed E-state index contributed by atoms with van der Waals surface area (Å²) in [5, 5.41) is 0.285. The Morgan fingerprint density at radius 1 is 0.926 bits per heavy atom. The number of sulfonamides is 1. The van der Waals surface area contributed by atoms with Gasteiger partial charge in [-0.1, -0.05) is 23.2 Å². The molecule has 1 saturated heterocycles. The molecule has 3 rings (SSSR count). The van der Waals surface area contributed by atoms with Gasteiger partial charge in [0.05, 0.1) is 5.02 Å². The lowest BCUT2D eigenvalue weighted by Crippen LogP contribution is -2.50. The van der Waals surface area contributed by atoms with Crippen LogP contribution in [-0.4, -0.2) is 49.7 Å². The van der Waals surface area contributed by atoms with Crippen molar-refractivity contribution in [3.05, 3.63) is 63.6 Å². The Labute approximate surface area is 165 Å². The number of hydrogen-bond acceptors (Lipinski definition) is 3. The molecule has 5 nitrogen and oxygen atoms in total. The van der Waals surface area contributed by atoms with Crippen LogP contribution in [0.5, 0.6) is 0 Å². The molecule has 27 heavy (non-hydrogen) atoms. The third-order valence-corrected chi connectivity index (χ3v) is 6.76. The van der Waals surface area contributed by atoms with E-state index in [2.05, 4.69) is 0 Å². The molecule has 1 aliphatic heterocycles. The number of benzene rings is 2. The fourth-order valence-corrected chi connectivity index (χ4v) is 4.96. The molecule has 0 unspecified atom stereocenters. The van der Waals surface area contributed by atoms with Crippen molar-refractivity contribution in [1.82, 2.24) is 9.21 Å². The molecule has 0 radical (unpaired) electrons. The predicted octanol–water partition coefficient (Wildman–Crippen LogP) is 3.42. The molecular weight excluding hydrogens is 421 g/mol. The first-order chi connectivity index (χ1) is 12.7. The molecule has 0 aromatic heterocycles. The van der Waals surface area contributed by atoms with Gasteiger partial charge < -0.3 is 4.90 Å². The van der Waals surface area contributed by atoms with Crippen molar-refractivity contribution in [2.75, 3.05) is 26.2 Å². The van der Waals surface area contributed by atoms with Gasteiger partial charge in [0.25, 0.3) is 5.91 Å². The van der Waals surface area contributed by atoms with Crippen molar-refractivity contribution in [3.63, 3.8) is 0 Å². The highest BCUT2D eigenvalue weighted by atomic mass is 35.5. The van der Waals surface area contributed by atoms with Crippen molar-refractivity contribution in [3.8, 4) is 0 Å². The van der Waals surface area contributed by atoms with Crippen molar-refractivity contribution < 1.29 is 22.0 Å². The molecule has 1 fully saturated rings. The third-order valence-electron chi connectivity index (χ3n) is 4.15. The van der Waals surface area contributed by atoms with Gasteiger partial charge in [0.1, 0.15) is 16.5 Å². The Balaban J connectivity index is 1.75. The Morgan fingerprint density at radius 3 is 2.11 bits per heavy atom. The van der Waals surface area contributed by atoms with E-state index in [0.717, 1.165) is 12.1 Å². The quantitative estimate of drug-likeness (QED) is 0.743. The maximum Gasteiger partial charge on any atom is 0.254 e. The van der Waals surface area contributed by atoms with Gasteiger partial charge in [-0.3, -0.25) is 4.79 Å². The summed E-state index contributed by atoms with van der Waals surface area (Å²) < 4.78 is 53.4. The first-order valence-electron chi connectivity index (χ1n) is 7.89. The van der Waals surface area contributed by atoms with E-state index in [1.807, 2.05) is 0 Å². The smallest absolute Gasteiger partial charge is 0.254 e. The number of amides is 1. The fraction of sp³-hybridized carbons (Fsp3) is 0.235. The molecule has 2 aromatic rings. The van der Waals surface area contributed by atoms with Crippen molar-refractivity contribution in [1.29, 1.82) is 0 Å². The summed E-state index contributed by atoms with van der Waals surface area (Å²) in [6.45, 7) is 0.201. The topological polar surface area (TPSA) is 57.7 Å². The van der Waals surface area contributed by atoms with Gasteiger partial charge >= 0.3 is 0 Å². The summed E-state index contributed by atoms with van der Waals surface area (Å²) in [5.74, 6) is -2.27. The number of piperazine rings is 1. The van der Waals surface area contributed by atoms with E-state index in [4.69, 9.17) is 23.2 Å². The maximum atomic E-state index is 13.3. The number of nitrogens with zero attached hydrogens (tertiary/aromatic N) is 2. The molecule has 1 heterocycles. The molecule has 0 spiro atoms. The predicted molar refractivity (Wildman–Crippen MR) is 97.5 cm³/mol. The van der Waals surface area contributed by atoms with Gasteiger partial charge in [-0.15, -0.1) is 0 Å². The van der Waals surface area contributed by atoms with Gasteiger partial charge in [-0.05, 0) is 30.3 Å². The van der Waals surface area contributed by atoms with E-state index in [1.165, 1.54) is 27.4 Å². The van der Waals surface area contributed by atoms with Gasteiger partial charge in [-0.25, -0.2) is 17.2 Å². The van der Waals surface area contributed by atoms with Crippen LogP contribution in [0.4, 0.5) is 8.78 Å². The number of halogens is 4. The molecule has 1 amide bonds. The Bertz CT molecular complexity index is 973. The van der Waals surface area contributed by atoms with E-state index in [1.54, 1.807) is 0 Å². The standard InChI is InChI=1S/C17H14Cl2F2N2O3S/c18-12-1-2-15(19)16(9-12)27(25,26)23-5-3-22(4-6-23)17(24)11-7-13(20)10-14(21)8-11/h1-2,7-10H,3-6H2. The lowest BCUT2D eigenvalue weighted by molar-refractivity contribution is 0.0697. The molecule has 0 atom stereocenters. The zero-order chi connectivity index (χ0) is 19.8. The molecule has 1 aliphatic rings. The maximum absolute atomic E-state index is 13.3. The zero-order valence-corrected chi connectivity index (χ0v) is 16.2. The number of carbonyl (C=O) groups excluding carboxylic acids is 1. The Hall–Kier alpha value is -1.74. The fourth-order valence-electron chi connectivity index (χ4n) is 2.81. The minimum Gasteiger partial charge on any atom is -0.336 e. The van der Waals surface area contributed by atoms with E-state index < -0.39 is 27.6 Å². The second kappa shape index (κ2) is 7.71. The number of carbonyl (C=O) groups is 1. The molecule has 0 N–H and O–H groups in total. The summed E-state index contributed by atoms with van der Waals surface area (Å²) >= 11 is 11.9. The van der Waals surface area contributed by atoms with Crippen LogP contribution in [0.3, 0.4) is 0 Å². The van der Waals surface area contributed by atoms with Crippen molar-refractivity contribution in [2.45, 2.75) is 4.90 Å². The van der Waals surface area contributed by atoms with Crippen LogP contribution in [0.25, 0.3) is 0 Å². The van der Waals surface area contributed by atoms with Gasteiger partial charge in [0, 0.05) is 42.8 Å². The first kappa shape index (κ1) is 20.0. The van der Waals surface area contributed by atoms with Gasteiger partial charge in [0.15, 0.2) is 0 Å². The van der Waals surface area contributed by atoms with Crippen LogP contribution in [-0.2, 0) is 10.0 Å². The monoisotopic (exact) mass is 434 g/mol. The van der Waals surface area contributed by atoms with Crippen LogP contribution >= 0.6 is 23.2 Å².